The fourth-order valence-corrected chi connectivity index (χ4v) is 4.85. The molecule has 1 N–H and O–H groups in total. The summed E-state index contributed by atoms with van der Waals surface area (Å²) < 4.78 is 11.3. The van der Waals surface area contributed by atoms with Crippen LogP contribution in [0.15, 0.2) is 24.5 Å². The molecule has 0 amide bonds. The summed E-state index contributed by atoms with van der Waals surface area (Å²) in [6.45, 7) is 1.19. The first kappa shape index (κ1) is 15.0. The topological polar surface area (TPSA) is 56.3 Å². The normalized spacial score (nSPS) is 16.3. The lowest BCUT2D eigenvalue weighted by atomic mass is 10.1. The average Bonchev–Trinajstić information content (AvgIpc) is 2.84. The summed E-state index contributed by atoms with van der Waals surface area (Å²) in [4.78, 5) is 11.6. The summed E-state index contributed by atoms with van der Waals surface area (Å²) >= 11 is 1.82. The highest BCUT2D eigenvalue weighted by molar-refractivity contribution is 7.18. The first-order valence-electron chi connectivity index (χ1n) is 8.80. The smallest absolute Gasteiger partial charge is 0.163 e. The Bertz CT molecular complexity index is 938. The standard InChI is InChI=1S/C19H19N3O2S/c1-2-4-13-16(5-3-1)25-19-17(13)18(20-11-21-19)22-12-6-7-14-15(10-12)24-9-8-23-14/h6-7,10-11H,1-5,8-9H2,(H,20,21,22). The van der Waals surface area contributed by atoms with E-state index < -0.39 is 0 Å². The van der Waals surface area contributed by atoms with Crippen LogP contribution < -0.4 is 14.8 Å². The second kappa shape index (κ2) is 6.19. The van der Waals surface area contributed by atoms with Crippen molar-refractivity contribution in [1.82, 2.24) is 9.97 Å². The number of aryl methyl sites for hydroxylation is 2. The van der Waals surface area contributed by atoms with Crippen molar-refractivity contribution in [3.63, 3.8) is 0 Å². The summed E-state index contributed by atoms with van der Waals surface area (Å²) in [7, 11) is 0. The van der Waals surface area contributed by atoms with Crippen molar-refractivity contribution in [1.29, 1.82) is 0 Å². The number of aromatic nitrogens is 2. The molecule has 0 atom stereocenters. The SMILES string of the molecule is c1nc(Nc2ccc3c(c2)OCCO3)c2c3c(sc2n1)CCCCC3. The molecule has 0 spiro atoms. The van der Waals surface area contributed by atoms with Crippen LogP contribution >= 0.6 is 11.3 Å². The van der Waals surface area contributed by atoms with E-state index in [0.717, 1.165) is 34.3 Å². The van der Waals surface area contributed by atoms with E-state index in [1.54, 1.807) is 6.33 Å². The molecule has 128 valence electrons. The third-order valence-corrected chi connectivity index (χ3v) is 6.01. The molecule has 0 saturated heterocycles. The highest BCUT2D eigenvalue weighted by Crippen LogP contribution is 2.39. The predicted molar refractivity (Wildman–Crippen MR) is 99.4 cm³/mol. The zero-order valence-electron chi connectivity index (χ0n) is 13.9. The van der Waals surface area contributed by atoms with Gasteiger partial charge < -0.3 is 14.8 Å². The molecule has 5 nitrogen and oxygen atoms in total. The van der Waals surface area contributed by atoms with Crippen LogP contribution in [0.4, 0.5) is 11.5 Å². The van der Waals surface area contributed by atoms with E-state index in [4.69, 9.17) is 9.47 Å². The molecule has 0 bridgehead atoms. The Hall–Kier alpha value is -2.34. The molecule has 2 aromatic heterocycles. The minimum Gasteiger partial charge on any atom is -0.486 e. The Morgan fingerprint density at radius 2 is 1.84 bits per heavy atom. The third-order valence-electron chi connectivity index (χ3n) is 4.81. The van der Waals surface area contributed by atoms with E-state index in [0.29, 0.717) is 13.2 Å². The maximum atomic E-state index is 5.69. The van der Waals surface area contributed by atoms with Crippen molar-refractivity contribution in [2.45, 2.75) is 32.1 Å². The minimum absolute atomic E-state index is 0.590. The fraction of sp³-hybridized carbons (Fsp3) is 0.368. The van der Waals surface area contributed by atoms with Crippen LogP contribution in [0.2, 0.25) is 0 Å². The summed E-state index contributed by atoms with van der Waals surface area (Å²) in [5, 5.41) is 4.67. The Morgan fingerprint density at radius 1 is 0.960 bits per heavy atom. The van der Waals surface area contributed by atoms with Crippen molar-refractivity contribution in [3.05, 3.63) is 35.0 Å². The number of hydrogen-bond donors (Lipinski definition) is 1. The Kier molecular flexibility index (Phi) is 3.70. The zero-order chi connectivity index (χ0) is 16.6. The van der Waals surface area contributed by atoms with Crippen molar-refractivity contribution < 1.29 is 9.47 Å². The second-order valence-electron chi connectivity index (χ2n) is 6.45. The maximum Gasteiger partial charge on any atom is 0.163 e. The quantitative estimate of drug-likeness (QED) is 0.689. The molecular formula is C19H19N3O2S. The van der Waals surface area contributed by atoms with Crippen LogP contribution in [0, 0.1) is 0 Å². The molecule has 2 aliphatic rings. The average molecular weight is 353 g/mol. The monoisotopic (exact) mass is 353 g/mol. The van der Waals surface area contributed by atoms with E-state index in [1.807, 2.05) is 29.5 Å². The number of ether oxygens (including phenoxy) is 2. The molecule has 5 rings (SSSR count). The lowest BCUT2D eigenvalue weighted by Crippen LogP contribution is -2.15. The van der Waals surface area contributed by atoms with Gasteiger partial charge in [0.1, 0.15) is 30.2 Å². The largest absolute Gasteiger partial charge is 0.486 e. The molecule has 6 heteroatoms. The number of rotatable bonds is 2. The van der Waals surface area contributed by atoms with Gasteiger partial charge in [-0.2, -0.15) is 0 Å². The molecule has 1 aromatic carbocycles. The Morgan fingerprint density at radius 3 is 2.80 bits per heavy atom. The van der Waals surface area contributed by atoms with E-state index in [1.165, 1.54) is 41.5 Å². The maximum absolute atomic E-state index is 5.69. The first-order chi connectivity index (χ1) is 12.4. The van der Waals surface area contributed by atoms with Gasteiger partial charge in [-0.15, -0.1) is 11.3 Å². The molecule has 1 aliphatic heterocycles. The molecule has 3 aromatic rings. The highest BCUT2D eigenvalue weighted by Gasteiger charge is 2.19. The van der Waals surface area contributed by atoms with Crippen LogP contribution in [-0.4, -0.2) is 23.2 Å². The molecule has 3 heterocycles. The van der Waals surface area contributed by atoms with Crippen molar-refractivity contribution in [2.24, 2.45) is 0 Å². The van der Waals surface area contributed by atoms with Crippen LogP contribution in [0.3, 0.4) is 0 Å². The van der Waals surface area contributed by atoms with E-state index in [-0.39, 0.29) is 0 Å². The molecular weight excluding hydrogens is 334 g/mol. The van der Waals surface area contributed by atoms with Crippen molar-refractivity contribution in [2.75, 3.05) is 18.5 Å². The van der Waals surface area contributed by atoms with Gasteiger partial charge in [-0.1, -0.05) is 6.42 Å². The summed E-state index contributed by atoms with van der Waals surface area (Å²) in [6.07, 6.45) is 7.77. The Balaban J connectivity index is 1.55. The van der Waals surface area contributed by atoms with Gasteiger partial charge in [0.2, 0.25) is 0 Å². The lowest BCUT2D eigenvalue weighted by Gasteiger charge is -2.19. The fourth-order valence-electron chi connectivity index (χ4n) is 3.62. The number of nitrogens with one attached hydrogen (secondary N) is 1. The zero-order valence-corrected chi connectivity index (χ0v) is 14.7. The van der Waals surface area contributed by atoms with Crippen molar-refractivity contribution in [3.8, 4) is 11.5 Å². The molecule has 0 saturated carbocycles. The van der Waals surface area contributed by atoms with E-state index in [9.17, 15) is 0 Å². The summed E-state index contributed by atoms with van der Waals surface area (Å²) in [5.41, 5.74) is 2.40. The number of hydrogen-bond acceptors (Lipinski definition) is 6. The molecule has 0 unspecified atom stereocenters. The number of fused-ring (bicyclic) bond motifs is 4. The van der Waals surface area contributed by atoms with Crippen LogP contribution in [-0.2, 0) is 12.8 Å². The Labute approximate surface area is 150 Å². The second-order valence-corrected chi connectivity index (χ2v) is 7.53. The molecule has 1 aliphatic carbocycles. The van der Waals surface area contributed by atoms with Gasteiger partial charge in [-0.3, -0.25) is 0 Å². The highest BCUT2D eigenvalue weighted by atomic mass is 32.1. The number of thiophene rings is 1. The van der Waals surface area contributed by atoms with E-state index in [2.05, 4.69) is 15.3 Å². The van der Waals surface area contributed by atoms with Gasteiger partial charge in [-0.05, 0) is 43.4 Å². The predicted octanol–water partition coefficient (Wildman–Crippen LogP) is 4.48. The van der Waals surface area contributed by atoms with Crippen LogP contribution in [0.5, 0.6) is 11.5 Å². The molecule has 0 radical (unpaired) electrons. The van der Waals surface area contributed by atoms with Gasteiger partial charge in [0.05, 0.1) is 5.39 Å². The van der Waals surface area contributed by atoms with Gasteiger partial charge >= 0.3 is 0 Å². The molecule has 0 fully saturated rings. The summed E-state index contributed by atoms with van der Waals surface area (Å²) in [5.74, 6) is 2.47. The van der Waals surface area contributed by atoms with Crippen molar-refractivity contribution >= 4 is 33.1 Å². The third kappa shape index (κ3) is 2.70. The van der Waals surface area contributed by atoms with Gasteiger partial charge in [0, 0.05) is 16.6 Å². The lowest BCUT2D eigenvalue weighted by molar-refractivity contribution is 0.171. The first-order valence-corrected chi connectivity index (χ1v) is 9.62. The van der Waals surface area contributed by atoms with E-state index >= 15 is 0 Å². The van der Waals surface area contributed by atoms with Gasteiger partial charge in [0.25, 0.3) is 0 Å². The van der Waals surface area contributed by atoms with Gasteiger partial charge in [-0.25, -0.2) is 9.97 Å². The number of nitrogens with zero attached hydrogens (tertiary/aromatic N) is 2. The van der Waals surface area contributed by atoms with Gasteiger partial charge in [0.15, 0.2) is 11.5 Å². The molecule has 25 heavy (non-hydrogen) atoms. The summed E-state index contributed by atoms with van der Waals surface area (Å²) in [6, 6.07) is 5.93. The number of anilines is 2. The van der Waals surface area contributed by atoms with Crippen LogP contribution in [0.25, 0.3) is 10.2 Å². The van der Waals surface area contributed by atoms with Crippen LogP contribution in [0.1, 0.15) is 29.7 Å². The minimum atomic E-state index is 0.590. The number of benzene rings is 1.